The third-order valence-electron chi connectivity index (χ3n) is 5.07. The highest BCUT2D eigenvalue weighted by molar-refractivity contribution is 7.17. The van der Waals surface area contributed by atoms with Gasteiger partial charge < -0.3 is 14.4 Å². The van der Waals surface area contributed by atoms with Crippen LogP contribution in [0.25, 0.3) is 10.1 Å². The highest BCUT2D eigenvalue weighted by atomic mass is 32.1. The van der Waals surface area contributed by atoms with Crippen LogP contribution in [0.15, 0.2) is 34.1 Å². The molecule has 1 aliphatic rings. The monoisotopic (exact) mass is 385 g/mol. The van der Waals surface area contributed by atoms with Gasteiger partial charge >= 0.3 is 0 Å². The normalized spacial score (nSPS) is 19.9. The summed E-state index contributed by atoms with van der Waals surface area (Å²) in [6.45, 7) is 2.27. The maximum atomic E-state index is 12.8. The van der Waals surface area contributed by atoms with Crippen LogP contribution in [0.3, 0.4) is 0 Å². The standard InChI is InChI=1S/C20H23N3O3S/c1-2-18-21-22-20(26-18)16-10-14(24)11-23(16)19(25)9-5-6-13-12-27-17-8-4-3-7-15(13)17/h3-4,7-8,12,14,16,24H,2,5-6,9-11H2,1H3/t14-,16-/m1/s1. The molecule has 3 heterocycles. The lowest BCUT2D eigenvalue weighted by atomic mass is 10.1. The molecule has 2 aromatic heterocycles. The summed E-state index contributed by atoms with van der Waals surface area (Å²) in [5, 5.41) is 21.6. The van der Waals surface area contributed by atoms with Crippen LogP contribution in [0.4, 0.5) is 0 Å². The zero-order valence-electron chi connectivity index (χ0n) is 15.3. The van der Waals surface area contributed by atoms with Gasteiger partial charge in [0.05, 0.1) is 6.10 Å². The fourth-order valence-electron chi connectivity index (χ4n) is 3.67. The van der Waals surface area contributed by atoms with Gasteiger partial charge in [-0.2, -0.15) is 0 Å². The number of aryl methyl sites for hydroxylation is 2. The summed E-state index contributed by atoms with van der Waals surface area (Å²) in [5.41, 5.74) is 1.30. The average Bonchev–Trinajstić information content (AvgIpc) is 3.39. The van der Waals surface area contributed by atoms with Gasteiger partial charge in [-0.1, -0.05) is 25.1 Å². The first-order valence-electron chi connectivity index (χ1n) is 9.40. The molecule has 1 N–H and O–H groups in total. The van der Waals surface area contributed by atoms with Crippen LogP contribution >= 0.6 is 11.3 Å². The number of nitrogens with zero attached hydrogens (tertiary/aromatic N) is 3. The van der Waals surface area contributed by atoms with E-state index in [9.17, 15) is 9.90 Å². The van der Waals surface area contributed by atoms with Crippen molar-refractivity contribution in [2.24, 2.45) is 0 Å². The summed E-state index contributed by atoms with van der Waals surface area (Å²) in [4.78, 5) is 14.5. The number of hydrogen-bond acceptors (Lipinski definition) is 6. The predicted molar refractivity (Wildman–Crippen MR) is 104 cm³/mol. The Bertz CT molecular complexity index is 935. The molecule has 1 saturated heterocycles. The maximum absolute atomic E-state index is 12.8. The minimum absolute atomic E-state index is 0.0346. The SMILES string of the molecule is CCc1nnc([C@H]2C[C@@H](O)CN2C(=O)CCCc2csc3ccccc23)o1. The number of carbonyl (C=O) groups excluding carboxylic acids is 1. The largest absolute Gasteiger partial charge is 0.423 e. The zero-order valence-corrected chi connectivity index (χ0v) is 16.1. The number of β-amino-alcohol motifs (C(OH)–C–C–N with tert-alkyl or cyclic N) is 1. The van der Waals surface area contributed by atoms with Crippen molar-refractivity contribution in [2.75, 3.05) is 6.54 Å². The zero-order chi connectivity index (χ0) is 18.8. The van der Waals surface area contributed by atoms with E-state index in [0.717, 1.165) is 12.8 Å². The van der Waals surface area contributed by atoms with E-state index in [-0.39, 0.29) is 11.9 Å². The number of benzene rings is 1. The molecule has 6 nitrogen and oxygen atoms in total. The Morgan fingerprint density at radius 2 is 2.22 bits per heavy atom. The Balaban J connectivity index is 1.39. The molecular weight excluding hydrogens is 362 g/mol. The highest BCUT2D eigenvalue weighted by Crippen LogP contribution is 2.32. The molecule has 0 spiro atoms. The van der Waals surface area contributed by atoms with E-state index in [0.29, 0.717) is 37.6 Å². The highest BCUT2D eigenvalue weighted by Gasteiger charge is 2.38. The third kappa shape index (κ3) is 3.75. The van der Waals surface area contributed by atoms with Crippen molar-refractivity contribution in [2.45, 2.75) is 51.2 Å². The van der Waals surface area contributed by atoms with Crippen LogP contribution in [0.2, 0.25) is 0 Å². The van der Waals surface area contributed by atoms with Crippen molar-refractivity contribution in [1.29, 1.82) is 0 Å². The quantitative estimate of drug-likeness (QED) is 0.702. The Labute approximate surface area is 161 Å². The number of amides is 1. The van der Waals surface area contributed by atoms with E-state index >= 15 is 0 Å². The second-order valence-electron chi connectivity index (χ2n) is 6.95. The third-order valence-corrected chi connectivity index (χ3v) is 6.08. The van der Waals surface area contributed by atoms with Crippen LogP contribution in [0, 0.1) is 0 Å². The first-order valence-corrected chi connectivity index (χ1v) is 10.3. The second-order valence-corrected chi connectivity index (χ2v) is 7.86. The van der Waals surface area contributed by atoms with Crippen LogP contribution in [-0.2, 0) is 17.6 Å². The van der Waals surface area contributed by atoms with Crippen LogP contribution < -0.4 is 0 Å². The molecule has 0 aliphatic carbocycles. The molecule has 0 unspecified atom stereocenters. The summed E-state index contributed by atoms with van der Waals surface area (Å²) >= 11 is 1.74. The fraction of sp³-hybridized carbons (Fsp3) is 0.450. The summed E-state index contributed by atoms with van der Waals surface area (Å²) in [6, 6.07) is 8.04. The Morgan fingerprint density at radius 3 is 3.04 bits per heavy atom. The number of hydrogen-bond donors (Lipinski definition) is 1. The van der Waals surface area contributed by atoms with E-state index in [2.05, 4.69) is 33.8 Å². The smallest absolute Gasteiger partial charge is 0.239 e. The van der Waals surface area contributed by atoms with Crippen LogP contribution in [-0.4, -0.2) is 38.8 Å². The molecular formula is C20H23N3O3S. The molecule has 4 rings (SSSR count). The number of likely N-dealkylation sites (tertiary alicyclic amines) is 1. The fourth-order valence-corrected chi connectivity index (χ4v) is 4.67. The van der Waals surface area contributed by atoms with Crippen molar-refractivity contribution in [3.8, 4) is 0 Å². The van der Waals surface area contributed by atoms with E-state index in [1.807, 2.05) is 13.0 Å². The number of aliphatic hydroxyl groups excluding tert-OH is 1. The Hall–Kier alpha value is -2.25. The molecule has 0 bridgehead atoms. The van der Waals surface area contributed by atoms with Crippen molar-refractivity contribution < 1.29 is 14.3 Å². The van der Waals surface area contributed by atoms with Gasteiger partial charge in [0, 0.05) is 30.5 Å². The average molecular weight is 385 g/mol. The first kappa shape index (κ1) is 18.1. The second kappa shape index (κ2) is 7.78. The van der Waals surface area contributed by atoms with Gasteiger partial charge in [0.25, 0.3) is 0 Å². The van der Waals surface area contributed by atoms with Gasteiger partial charge in [0.1, 0.15) is 6.04 Å². The molecule has 142 valence electrons. The van der Waals surface area contributed by atoms with Crippen molar-refractivity contribution in [1.82, 2.24) is 15.1 Å². The van der Waals surface area contributed by atoms with Crippen LogP contribution in [0.5, 0.6) is 0 Å². The van der Waals surface area contributed by atoms with Gasteiger partial charge in [-0.25, -0.2) is 0 Å². The molecule has 1 aromatic carbocycles. The molecule has 27 heavy (non-hydrogen) atoms. The van der Waals surface area contributed by atoms with E-state index < -0.39 is 6.10 Å². The minimum Gasteiger partial charge on any atom is -0.423 e. The number of fused-ring (bicyclic) bond motifs is 1. The van der Waals surface area contributed by atoms with Crippen molar-refractivity contribution in [3.05, 3.63) is 47.0 Å². The molecule has 0 radical (unpaired) electrons. The van der Waals surface area contributed by atoms with Gasteiger partial charge in [-0.15, -0.1) is 21.5 Å². The molecule has 1 aliphatic heterocycles. The Kier molecular flexibility index (Phi) is 5.22. The number of thiophene rings is 1. The van der Waals surface area contributed by atoms with Gasteiger partial charge in [-0.05, 0) is 35.2 Å². The minimum atomic E-state index is -0.545. The van der Waals surface area contributed by atoms with E-state index in [1.165, 1.54) is 15.6 Å². The summed E-state index contributed by atoms with van der Waals surface area (Å²) in [5.74, 6) is 1.02. The van der Waals surface area contributed by atoms with Crippen molar-refractivity contribution >= 4 is 27.3 Å². The van der Waals surface area contributed by atoms with Crippen LogP contribution in [0.1, 0.15) is 49.6 Å². The molecule has 2 atom stereocenters. The molecule has 1 fully saturated rings. The van der Waals surface area contributed by atoms with Crippen molar-refractivity contribution in [3.63, 3.8) is 0 Å². The maximum Gasteiger partial charge on any atom is 0.239 e. The van der Waals surface area contributed by atoms with Gasteiger partial charge in [0.2, 0.25) is 17.7 Å². The predicted octanol–water partition coefficient (Wildman–Crippen LogP) is 3.50. The topological polar surface area (TPSA) is 79.5 Å². The lowest BCUT2D eigenvalue weighted by molar-refractivity contribution is -0.132. The molecule has 7 heteroatoms. The lowest BCUT2D eigenvalue weighted by Crippen LogP contribution is -2.31. The first-order chi connectivity index (χ1) is 13.2. The summed E-state index contributed by atoms with van der Waals surface area (Å²) in [6.07, 6.45) is 2.66. The van der Waals surface area contributed by atoms with Gasteiger partial charge in [0.15, 0.2) is 0 Å². The number of aromatic nitrogens is 2. The lowest BCUT2D eigenvalue weighted by Gasteiger charge is -2.21. The Morgan fingerprint density at radius 1 is 1.37 bits per heavy atom. The number of rotatable bonds is 6. The molecule has 1 amide bonds. The van der Waals surface area contributed by atoms with Gasteiger partial charge in [-0.3, -0.25) is 4.79 Å². The van der Waals surface area contributed by atoms with E-state index in [1.54, 1.807) is 16.2 Å². The molecule has 3 aromatic rings. The number of carbonyl (C=O) groups is 1. The van der Waals surface area contributed by atoms with E-state index in [4.69, 9.17) is 4.42 Å². The molecule has 0 saturated carbocycles. The number of aliphatic hydroxyl groups is 1. The summed E-state index contributed by atoms with van der Waals surface area (Å²) < 4.78 is 6.91. The summed E-state index contributed by atoms with van der Waals surface area (Å²) in [7, 11) is 0.